The van der Waals surface area contributed by atoms with Crippen molar-refractivity contribution in [3.8, 4) is 0 Å². The van der Waals surface area contributed by atoms with Crippen LogP contribution in [-0.2, 0) is 0 Å². The summed E-state index contributed by atoms with van der Waals surface area (Å²) >= 11 is 0. The van der Waals surface area contributed by atoms with Gasteiger partial charge in [0.05, 0.1) is 0 Å². The molecule has 3 fully saturated rings. The van der Waals surface area contributed by atoms with E-state index in [9.17, 15) is 0 Å². The zero-order valence-corrected chi connectivity index (χ0v) is 13.4. The van der Waals surface area contributed by atoms with Gasteiger partial charge in [0, 0.05) is 6.04 Å². The van der Waals surface area contributed by atoms with Crippen LogP contribution in [0.25, 0.3) is 0 Å². The summed E-state index contributed by atoms with van der Waals surface area (Å²) in [5.74, 6) is 3.77. The Labute approximate surface area is 129 Å². The smallest absolute Gasteiger partial charge is 0.0354 e. The number of nitrogens with one attached hydrogen (secondary N) is 1. The summed E-state index contributed by atoms with van der Waals surface area (Å²) in [6.45, 7) is 3.36. The maximum atomic E-state index is 3.87. The van der Waals surface area contributed by atoms with Crippen LogP contribution in [0.1, 0.15) is 75.0 Å². The second kappa shape index (κ2) is 5.76. The lowest BCUT2D eigenvalue weighted by molar-refractivity contribution is 0.250. The van der Waals surface area contributed by atoms with Gasteiger partial charge in [0.15, 0.2) is 0 Å². The Kier molecular flexibility index (Phi) is 3.79. The highest BCUT2D eigenvalue weighted by atomic mass is 14.9. The van der Waals surface area contributed by atoms with Crippen molar-refractivity contribution in [1.29, 1.82) is 0 Å². The van der Waals surface area contributed by atoms with E-state index in [-0.39, 0.29) is 0 Å². The summed E-state index contributed by atoms with van der Waals surface area (Å²) in [6, 6.07) is 9.96. The fraction of sp³-hybridized carbons (Fsp3) is 0.700. The number of hydrogen-bond donors (Lipinski definition) is 1. The van der Waals surface area contributed by atoms with E-state index in [1.165, 1.54) is 44.9 Å². The van der Waals surface area contributed by atoms with Gasteiger partial charge in [0.2, 0.25) is 0 Å². The van der Waals surface area contributed by atoms with Gasteiger partial charge in [-0.25, -0.2) is 0 Å². The second-order valence-corrected chi connectivity index (χ2v) is 7.63. The molecule has 0 spiro atoms. The zero-order chi connectivity index (χ0) is 14.2. The molecule has 1 heteroatoms. The van der Waals surface area contributed by atoms with Crippen LogP contribution in [0.3, 0.4) is 0 Å². The van der Waals surface area contributed by atoms with Crippen LogP contribution in [0.4, 0.5) is 0 Å². The van der Waals surface area contributed by atoms with Crippen LogP contribution in [0.5, 0.6) is 0 Å². The van der Waals surface area contributed by atoms with Gasteiger partial charge >= 0.3 is 0 Å². The van der Waals surface area contributed by atoms with Gasteiger partial charge < -0.3 is 5.32 Å². The summed E-state index contributed by atoms with van der Waals surface area (Å²) in [4.78, 5) is 0. The molecule has 0 aliphatic heterocycles. The monoisotopic (exact) mass is 283 g/mol. The molecule has 21 heavy (non-hydrogen) atoms. The van der Waals surface area contributed by atoms with E-state index in [2.05, 4.69) is 36.5 Å². The molecule has 0 radical (unpaired) electrons. The van der Waals surface area contributed by atoms with E-state index in [4.69, 9.17) is 0 Å². The fourth-order valence-corrected chi connectivity index (χ4v) is 5.30. The molecule has 0 heterocycles. The first kappa shape index (κ1) is 13.8. The molecule has 1 aromatic carbocycles. The third-order valence-electron chi connectivity index (χ3n) is 6.52. The molecule has 1 nitrogen and oxygen atoms in total. The fourth-order valence-electron chi connectivity index (χ4n) is 5.30. The molecule has 0 amide bonds. The molecule has 3 aliphatic rings. The third-order valence-corrected chi connectivity index (χ3v) is 6.52. The molecule has 0 saturated heterocycles. The summed E-state index contributed by atoms with van der Waals surface area (Å²) in [5, 5.41) is 3.87. The van der Waals surface area contributed by atoms with Crippen molar-refractivity contribution in [2.45, 2.75) is 63.8 Å². The Hall–Kier alpha value is -0.820. The molecular formula is C20H29N. The van der Waals surface area contributed by atoms with Crippen LogP contribution < -0.4 is 5.32 Å². The van der Waals surface area contributed by atoms with Crippen molar-refractivity contribution >= 4 is 0 Å². The minimum absolute atomic E-state index is 0.613. The first-order valence-corrected chi connectivity index (χ1v) is 9.19. The molecule has 4 unspecified atom stereocenters. The lowest BCUT2D eigenvalue weighted by Gasteiger charge is -2.36. The van der Waals surface area contributed by atoms with Crippen LogP contribution in [-0.4, -0.2) is 6.54 Å². The molecule has 3 aliphatic carbocycles. The molecular weight excluding hydrogens is 254 g/mol. The van der Waals surface area contributed by atoms with Crippen LogP contribution >= 0.6 is 0 Å². The second-order valence-electron chi connectivity index (χ2n) is 7.63. The van der Waals surface area contributed by atoms with E-state index in [1.807, 2.05) is 0 Å². The van der Waals surface area contributed by atoms with Crippen LogP contribution in [0.15, 0.2) is 24.3 Å². The summed E-state index contributed by atoms with van der Waals surface area (Å²) in [7, 11) is 0. The molecule has 1 N–H and O–H groups in total. The van der Waals surface area contributed by atoms with Crippen molar-refractivity contribution in [2.24, 2.45) is 17.8 Å². The van der Waals surface area contributed by atoms with E-state index < -0.39 is 0 Å². The number of benzene rings is 1. The predicted octanol–water partition coefficient (Wildman–Crippen LogP) is 5.04. The maximum absolute atomic E-state index is 3.87. The Balaban J connectivity index is 1.64. The zero-order valence-electron chi connectivity index (χ0n) is 13.4. The predicted molar refractivity (Wildman–Crippen MR) is 88.4 cm³/mol. The average molecular weight is 283 g/mol. The normalized spacial score (nSPS) is 33.1. The minimum atomic E-state index is 0.613. The highest BCUT2D eigenvalue weighted by molar-refractivity contribution is 5.35. The van der Waals surface area contributed by atoms with Gasteiger partial charge in [-0.1, -0.05) is 44.0 Å². The van der Waals surface area contributed by atoms with Gasteiger partial charge in [0.1, 0.15) is 0 Å². The summed E-state index contributed by atoms with van der Waals surface area (Å²) in [5.41, 5.74) is 3.30. The Morgan fingerprint density at radius 1 is 1.10 bits per heavy atom. The Morgan fingerprint density at radius 2 is 1.95 bits per heavy atom. The van der Waals surface area contributed by atoms with E-state index >= 15 is 0 Å². The largest absolute Gasteiger partial charge is 0.310 e. The molecule has 0 aromatic heterocycles. The topological polar surface area (TPSA) is 12.0 Å². The van der Waals surface area contributed by atoms with Crippen molar-refractivity contribution in [1.82, 2.24) is 5.32 Å². The van der Waals surface area contributed by atoms with Gasteiger partial charge in [-0.05, 0) is 73.4 Å². The lowest BCUT2D eigenvalue weighted by atomic mass is 9.73. The van der Waals surface area contributed by atoms with E-state index in [0.717, 1.165) is 30.2 Å². The summed E-state index contributed by atoms with van der Waals surface area (Å²) in [6.07, 6.45) is 10.2. The Bertz CT molecular complexity index is 490. The van der Waals surface area contributed by atoms with Gasteiger partial charge in [-0.2, -0.15) is 0 Å². The minimum Gasteiger partial charge on any atom is -0.310 e. The molecule has 3 saturated carbocycles. The van der Waals surface area contributed by atoms with Gasteiger partial charge in [0.25, 0.3) is 0 Å². The first-order chi connectivity index (χ1) is 10.4. The number of rotatable bonds is 5. The quantitative estimate of drug-likeness (QED) is 0.798. The van der Waals surface area contributed by atoms with Crippen molar-refractivity contribution in [3.05, 3.63) is 35.4 Å². The Morgan fingerprint density at radius 3 is 2.57 bits per heavy atom. The van der Waals surface area contributed by atoms with Crippen molar-refractivity contribution < 1.29 is 0 Å². The van der Waals surface area contributed by atoms with Crippen LogP contribution in [0, 0.1) is 17.8 Å². The molecule has 114 valence electrons. The number of hydrogen-bond acceptors (Lipinski definition) is 1. The SMILES string of the molecule is CCNC(c1ccccc1C1CCC1)C1CC2CCC1C2. The highest BCUT2D eigenvalue weighted by Gasteiger charge is 2.43. The van der Waals surface area contributed by atoms with Crippen LogP contribution in [0.2, 0.25) is 0 Å². The summed E-state index contributed by atoms with van der Waals surface area (Å²) < 4.78 is 0. The third kappa shape index (κ3) is 2.44. The average Bonchev–Trinajstić information content (AvgIpc) is 3.06. The van der Waals surface area contributed by atoms with Crippen molar-refractivity contribution in [3.63, 3.8) is 0 Å². The standard InChI is InChI=1S/C20H29N/c1-2-21-20(19-13-14-10-11-16(19)12-14)18-9-4-3-8-17(18)15-6-5-7-15/h3-4,8-9,14-16,19-21H,2,5-7,10-13H2,1H3. The molecule has 2 bridgehead atoms. The van der Waals surface area contributed by atoms with Crippen molar-refractivity contribution in [2.75, 3.05) is 6.54 Å². The van der Waals surface area contributed by atoms with Gasteiger partial charge in [-0.3, -0.25) is 0 Å². The van der Waals surface area contributed by atoms with E-state index in [0.29, 0.717) is 6.04 Å². The van der Waals surface area contributed by atoms with E-state index in [1.54, 1.807) is 11.1 Å². The lowest BCUT2D eigenvalue weighted by Crippen LogP contribution is -2.32. The molecule has 4 rings (SSSR count). The number of fused-ring (bicyclic) bond motifs is 2. The maximum Gasteiger partial charge on any atom is 0.0354 e. The highest BCUT2D eigenvalue weighted by Crippen LogP contribution is 2.53. The van der Waals surface area contributed by atoms with Gasteiger partial charge in [-0.15, -0.1) is 0 Å². The molecule has 4 atom stereocenters. The molecule has 1 aromatic rings. The first-order valence-electron chi connectivity index (χ1n) is 9.19.